The quantitative estimate of drug-likeness (QED) is 0.597. The van der Waals surface area contributed by atoms with Crippen LogP contribution < -0.4 is 4.74 Å². The van der Waals surface area contributed by atoms with Crippen LogP contribution >= 0.6 is 0 Å². The van der Waals surface area contributed by atoms with Crippen LogP contribution in [-0.2, 0) is 0 Å². The molecule has 0 saturated carbocycles. The minimum absolute atomic E-state index is 0.129. The van der Waals surface area contributed by atoms with Crippen molar-refractivity contribution in [3.05, 3.63) is 53.1 Å². The van der Waals surface area contributed by atoms with E-state index in [-0.39, 0.29) is 22.8 Å². The number of allylic oxidation sites excluding steroid dienone is 1. The molecule has 2 aromatic rings. The Morgan fingerprint density at radius 3 is 2.36 bits per heavy atom. The van der Waals surface area contributed by atoms with E-state index in [4.69, 9.17) is 4.74 Å². The maximum atomic E-state index is 12.2. The largest absolute Gasteiger partial charge is 0.508 e. The van der Waals surface area contributed by atoms with E-state index >= 15 is 0 Å². The summed E-state index contributed by atoms with van der Waals surface area (Å²) in [5.74, 6) is -0.759. The third-order valence-electron chi connectivity index (χ3n) is 3.27. The van der Waals surface area contributed by atoms with Crippen LogP contribution in [0.5, 0.6) is 23.0 Å². The van der Waals surface area contributed by atoms with Gasteiger partial charge in [-0.1, -0.05) is 18.2 Å². The maximum absolute atomic E-state index is 12.2. The summed E-state index contributed by atoms with van der Waals surface area (Å²) in [7, 11) is 1.41. The van der Waals surface area contributed by atoms with Crippen molar-refractivity contribution in [2.45, 2.75) is 6.92 Å². The minimum atomic E-state index is -0.533. The molecule has 3 N–H and O–H groups in total. The van der Waals surface area contributed by atoms with Crippen molar-refractivity contribution < 1.29 is 24.9 Å². The molecule has 22 heavy (non-hydrogen) atoms. The van der Waals surface area contributed by atoms with Gasteiger partial charge in [-0.05, 0) is 30.7 Å². The van der Waals surface area contributed by atoms with Gasteiger partial charge < -0.3 is 20.1 Å². The highest BCUT2D eigenvalue weighted by atomic mass is 16.5. The minimum Gasteiger partial charge on any atom is -0.508 e. The van der Waals surface area contributed by atoms with Gasteiger partial charge in [0.2, 0.25) is 0 Å². The number of phenolic OH excluding ortho intramolecular Hbond substituents is 3. The number of rotatable bonds is 4. The fraction of sp³-hybridized carbons (Fsp3) is 0.118. The zero-order valence-corrected chi connectivity index (χ0v) is 12.2. The van der Waals surface area contributed by atoms with Gasteiger partial charge in [-0.3, -0.25) is 4.79 Å². The molecule has 0 spiro atoms. The topological polar surface area (TPSA) is 87.0 Å². The van der Waals surface area contributed by atoms with Gasteiger partial charge in [-0.25, -0.2) is 0 Å². The van der Waals surface area contributed by atoms with Crippen molar-refractivity contribution in [1.29, 1.82) is 0 Å². The summed E-state index contributed by atoms with van der Waals surface area (Å²) in [6.07, 6.45) is 2.77. The summed E-state index contributed by atoms with van der Waals surface area (Å²) in [4.78, 5) is 12.2. The molecule has 2 aromatic carbocycles. The third kappa shape index (κ3) is 3.03. The Labute approximate surface area is 127 Å². The van der Waals surface area contributed by atoms with Crippen LogP contribution in [0.1, 0.15) is 21.5 Å². The normalized spacial score (nSPS) is 10.8. The lowest BCUT2D eigenvalue weighted by atomic mass is 10.0. The predicted molar refractivity (Wildman–Crippen MR) is 82.5 cm³/mol. The van der Waals surface area contributed by atoms with Crippen LogP contribution in [-0.4, -0.2) is 28.2 Å². The Morgan fingerprint density at radius 1 is 1.14 bits per heavy atom. The second-order valence-corrected chi connectivity index (χ2v) is 4.74. The van der Waals surface area contributed by atoms with Crippen molar-refractivity contribution >= 4 is 11.9 Å². The second-order valence-electron chi connectivity index (χ2n) is 4.74. The van der Waals surface area contributed by atoms with Crippen molar-refractivity contribution in [2.24, 2.45) is 0 Å². The number of benzene rings is 2. The maximum Gasteiger partial charge on any atom is 0.193 e. The van der Waals surface area contributed by atoms with Crippen LogP contribution in [0, 0.1) is 6.92 Å². The Kier molecular flexibility index (Phi) is 4.36. The molecule has 0 unspecified atom stereocenters. The smallest absolute Gasteiger partial charge is 0.193 e. The summed E-state index contributed by atoms with van der Waals surface area (Å²) in [6, 6.07) is 7.56. The number of hydrogen-bond acceptors (Lipinski definition) is 5. The molecule has 0 aliphatic carbocycles. The first-order valence-corrected chi connectivity index (χ1v) is 6.55. The first-order chi connectivity index (χ1) is 10.4. The Bertz CT molecular complexity index is 730. The molecule has 0 radical (unpaired) electrons. The zero-order valence-electron chi connectivity index (χ0n) is 12.2. The first kappa shape index (κ1) is 15.4. The predicted octanol–water partition coefficient (Wildman–Crippen LogP) is 3.02. The number of ketones is 1. The number of carbonyl (C=O) groups is 1. The van der Waals surface area contributed by atoms with Crippen LogP contribution in [0.25, 0.3) is 6.08 Å². The molecule has 0 amide bonds. The molecule has 0 aromatic heterocycles. The van der Waals surface area contributed by atoms with Gasteiger partial charge in [-0.2, -0.15) is 0 Å². The molecule has 0 fully saturated rings. The monoisotopic (exact) mass is 300 g/mol. The standard InChI is InChI=1S/C17H16O5/c1-10-15(22-2)9-14(20)16(17(10)21)13(19)8-5-11-3-6-12(18)7-4-11/h3-9,18,20-21H,1-2H3. The number of ether oxygens (including phenoxy) is 1. The molecule has 0 bridgehead atoms. The molecule has 0 saturated heterocycles. The highest BCUT2D eigenvalue weighted by molar-refractivity contribution is 6.10. The van der Waals surface area contributed by atoms with E-state index in [1.165, 1.54) is 37.5 Å². The van der Waals surface area contributed by atoms with E-state index < -0.39 is 5.78 Å². The van der Waals surface area contributed by atoms with E-state index in [1.54, 1.807) is 19.1 Å². The van der Waals surface area contributed by atoms with Gasteiger partial charge in [0.15, 0.2) is 5.78 Å². The van der Waals surface area contributed by atoms with E-state index in [0.29, 0.717) is 16.9 Å². The van der Waals surface area contributed by atoms with Crippen molar-refractivity contribution in [3.63, 3.8) is 0 Å². The highest BCUT2D eigenvalue weighted by Gasteiger charge is 2.19. The van der Waals surface area contributed by atoms with Crippen LogP contribution in [0.3, 0.4) is 0 Å². The lowest BCUT2D eigenvalue weighted by Crippen LogP contribution is -1.99. The molecule has 0 atom stereocenters. The molecule has 5 heteroatoms. The summed E-state index contributed by atoms with van der Waals surface area (Å²) < 4.78 is 5.01. The Morgan fingerprint density at radius 2 is 1.77 bits per heavy atom. The van der Waals surface area contributed by atoms with Gasteiger partial charge >= 0.3 is 0 Å². The number of aromatic hydroxyl groups is 3. The number of hydrogen-bond donors (Lipinski definition) is 3. The van der Waals surface area contributed by atoms with Crippen LogP contribution in [0.15, 0.2) is 36.4 Å². The molecule has 114 valence electrons. The van der Waals surface area contributed by atoms with Gasteiger partial charge in [-0.15, -0.1) is 0 Å². The SMILES string of the molecule is COc1cc(O)c(C(=O)C=Cc2ccc(O)cc2)c(O)c1C. The summed E-state index contributed by atoms with van der Waals surface area (Å²) in [5.41, 5.74) is 0.908. The van der Waals surface area contributed by atoms with Crippen molar-refractivity contribution in [2.75, 3.05) is 7.11 Å². The number of phenols is 3. The lowest BCUT2D eigenvalue weighted by molar-refractivity contribution is 0.104. The molecule has 2 rings (SSSR count). The van der Waals surface area contributed by atoms with Crippen molar-refractivity contribution in [1.82, 2.24) is 0 Å². The Balaban J connectivity index is 2.34. The number of methoxy groups -OCH3 is 1. The first-order valence-electron chi connectivity index (χ1n) is 6.55. The van der Waals surface area contributed by atoms with E-state index in [9.17, 15) is 20.1 Å². The summed E-state index contributed by atoms with van der Waals surface area (Å²) in [6.45, 7) is 1.59. The third-order valence-corrected chi connectivity index (χ3v) is 3.27. The molecule has 5 nitrogen and oxygen atoms in total. The van der Waals surface area contributed by atoms with E-state index in [2.05, 4.69) is 0 Å². The molecule has 0 heterocycles. The lowest BCUT2D eigenvalue weighted by Gasteiger charge is -2.11. The summed E-state index contributed by atoms with van der Waals surface area (Å²) in [5, 5.41) is 29.2. The fourth-order valence-corrected chi connectivity index (χ4v) is 2.03. The van der Waals surface area contributed by atoms with Crippen LogP contribution in [0.2, 0.25) is 0 Å². The van der Waals surface area contributed by atoms with E-state index in [1.807, 2.05) is 0 Å². The second kappa shape index (κ2) is 6.22. The highest BCUT2D eigenvalue weighted by Crippen LogP contribution is 2.37. The fourth-order valence-electron chi connectivity index (χ4n) is 2.03. The van der Waals surface area contributed by atoms with Gasteiger partial charge in [0.1, 0.15) is 28.6 Å². The van der Waals surface area contributed by atoms with Gasteiger partial charge in [0.05, 0.1) is 7.11 Å². The molecule has 0 aliphatic rings. The van der Waals surface area contributed by atoms with Crippen LogP contribution in [0.4, 0.5) is 0 Å². The zero-order chi connectivity index (χ0) is 16.3. The number of carbonyl (C=O) groups excluding carboxylic acids is 1. The molecular formula is C17H16O5. The Hall–Kier alpha value is -2.95. The average Bonchev–Trinajstić information content (AvgIpc) is 2.50. The summed E-state index contributed by atoms with van der Waals surface area (Å²) >= 11 is 0. The van der Waals surface area contributed by atoms with Gasteiger partial charge in [0.25, 0.3) is 0 Å². The van der Waals surface area contributed by atoms with Gasteiger partial charge in [0, 0.05) is 11.6 Å². The van der Waals surface area contributed by atoms with E-state index in [0.717, 1.165) is 0 Å². The molecular weight excluding hydrogens is 284 g/mol. The van der Waals surface area contributed by atoms with Crippen molar-refractivity contribution in [3.8, 4) is 23.0 Å². The average molecular weight is 300 g/mol. The molecule has 0 aliphatic heterocycles.